The molecule has 2 rings (SSSR count). The second-order valence-corrected chi connectivity index (χ2v) is 7.40. The van der Waals surface area contributed by atoms with E-state index in [1.54, 1.807) is 6.07 Å². The molecule has 0 aromatic heterocycles. The summed E-state index contributed by atoms with van der Waals surface area (Å²) in [5.74, 6) is 0.392. The van der Waals surface area contributed by atoms with Crippen LogP contribution in [0.4, 0.5) is 5.69 Å². The number of sulfone groups is 1. The first-order valence-electron chi connectivity index (χ1n) is 5.91. The Bertz CT molecular complexity index is 610. The zero-order valence-electron chi connectivity index (χ0n) is 10.4. The van der Waals surface area contributed by atoms with Gasteiger partial charge in [-0.2, -0.15) is 0 Å². The van der Waals surface area contributed by atoms with Crippen LogP contribution >= 0.6 is 11.6 Å². The van der Waals surface area contributed by atoms with Crippen molar-refractivity contribution in [2.45, 2.75) is 29.5 Å². The van der Waals surface area contributed by atoms with Crippen molar-refractivity contribution in [2.24, 2.45) is 5.92 Å². The lowest BCUT2D eigenvalue weighted by atomic mass is 10.1. The van der Waals surface area contributed by atoms with Crippen molar-refractivity contribution in [1.82, 2.24) is 0 Å². The van der Waals surface area contributed by atoms with Gasteiger partial charge in [0.1, 0.15) is 4.90 Å². The Morgan fingerprint density at radius 2 is 2.11 bits per heavy atom. The summed E-state index contributed by atoms with van der Waals surface area (Å²) in [6.45, 7) is 0. The molecular formula is C12H14ClNO4S. The predicted molar refractivity (Wildman–Crippen MR) is 72.3 cm³/mol. The molecule has 0 N–H and O–H groups in total. The van der Waals surface area contributed by atoms with Crippen molar-refractivity contribution in [3.8, 4) is 0 Å². The average molecular weight is 304 g/mol. The Hall–Kier alpha value is -1.14. The number of hydrogen-bond acceptors (Lipinski definition) is 4. The van der Waals surface area contributed by atoms with E-state index >= 15 is 0 Å². The highest BCUT2D eigenvalue weighted by atomic mass is 35.5. The van der Waals surface area contributed by atoms with Crippen molar-refractivity contribution in [1.29, 1.82) is 0 Å². The molecule has 1 aliphatic carbocycles. The van der Waals surface area contributed by atoms with E-state index in [1.807, 2.05) is 0 Å². The molecule has 0 bridgehead atoms. The summed E-state index contributed by atoms with van der Waals surface area (Å²) in [5, 5.41) is 11.0. The molecule has 7 heteroatoms. The number of nitrogens with zero attached hydrogens (tertiary/aromatic N) is 1. The SMILES string of the molecule is CS(=O)(=O)c1cccc(CC(Cl)C2CC2)c1[N+](=O)[O-]. The molecule has 1 unspecified atom stereocenters. The van der Waals surface area contributed by atoms with Crippen molar-refractivity contribution in [2.75, 3.05) is 6.26 Å². The second-order valence-electron chi connectivity index (χ2n) is 4.85. The van der Waals surface area contributed by atoms with Gasteiger partial charge in [-0.15, -0.1) is 11.6 Å². The van der Waals surface area contributed by atoms with Crippen LogP contribution in [0.2, 0.25) is 0 Å². The molecule has 0 radical (unpaired) electrons. The number of halogens is 1. The molecule has 0 aliphatic heterocycles. The van der Waals surface area contributed by atoms with Crippen LogP contribution in [0.15, 0.2) is 23.1 Å². The Morgan fingerprint density at radius 1 is 1.47 bits per heavy atom. The van der Waals surface area contributed by atoms with Crippen molar-refractivity contribution in [3.05, 3.63) is 33.9 Å². The quantitative estimate of drug-likeness (QED) is 0.476. The van der Waals surface area contributed by atoms with Crippen molar-refractivity contribution < 1.29 is 13.3 Å². The number of benzene rings is 1. The minimum Gasteiger partial charge on any atom is -0.258 e. The topological polar surface area (TPSA) is 77.3 Å². The molecule has 0 heterocycles. The van der Waals surface area contributed by atoms with Gasteiger partial charge in [-0.25, -0.2) is 8.42 Å². The Morgan fingerprint density at radius 3 is 2.58 bits per heavy atom. The van der Waals surface area contributed by atoms with Gasteiger partial charge in [0.05, 0.1) is 4.92 Å². The number of hydrogen-bond donors (Lipinski definition) is 0. The van der Waals surface area contributed by atoms with Crippen LogP contribution in [0.3, 0.4) is 0 Å². The summed E-state index contributed by atoms with van der Waals surface area (Å²) in [4.78, 5) is 10.3. The summed E-state index contributed by atoms with van der Waals surface area (Å²) in [6.07, 6.45) is 3.37. The van der Waals surface area contributed by atoms with Crippen LogP contribution in [-0.4, -0.2) is 25.0 Å². The largest absolute Gasteiger partial charge is 0.291 e. The molecule has 1 aromatic rings. The molecule has 5 nitrogen and oxygen atoms in total. The smallest absolute Gasteiger partial charge is 0.258 e. The van der Waals surface area contributed by atoms with Crippen LogP contribution in [0, 0.1) is 16.0 Å². The summed E-state index contributed by atoms with van der Waals surface area (Å²) in [6, 6.07) is 4.36. The van der Waals surface area contributed by atoms with Crippen LogP contribution < -0.4 is 0 Å². The van der Waals surface area contributed by atoms with Gasteiger partial charge in [0.2, 0.25) is 0 Å². The first-order valence-corrected chi connectivity index (χ1v) is 8.24. The molecule has 1 aliphatic rings. The Labute approximate surface area is 116 Å². The molecule has 1 aromatic carbocycles. The van der Waals surface area contributed by atoms with E-state index in [4.69, 9.17) is 11.6 Å². The van der Waals surface area contributed by atoms with E-state index in [0.29, 0.717) is 17.9 Å². The van der Waals surface area contributed by atoms with Gasteiger partial charge in [-0.3, -0.25) is 10.1 Å². The maximum absolute atomic E-state index is 11.6. The highest BCUT2D eigenvalue weighted by Gasteiger charge is 2.33. The second kappa shape index (κ2) is 5.09. The average Bonchev–Trinajstić information content (AvgIpc) is 3.10. The third-order valence-electron chi connectivity index (χ3n) is 3.21. The fourth-order valence-electron chi connectivity index (χ4n) is 2.07. The number of para-hydroxylation sites is 1. The highest BCUT2D eigenvalue weighted by molar-refractivity contribution is 7.90. The highest BCUT2D eigenvalue weighted by Crippen LogP contribution is 2.39. The molecule has 19 heavy (non-hydrogen) atoms. The molecule has 0 spiro atoms. The monoisotopic (exact) mass is 303 g/mol. The van der Waals surface area contributed by atoms with Gasteiger partial charge in [-0.1, -0.05) is 12.1 Å². The lowest BCUT2D eigenvalue weighted by Gasteiger charge is -2.10. The zero-order valence-corrected chi connectivity index (χ0v) is 11.9. The van der Waals surface area contributed by atoms with Crippen LogP contribution in [0.5, 0.6) is 0 Å². The van der Waals surface area contributed by atoms with Crippen molar-refractivity contribution >= 4 is 27.1 Å². The number of rotatable bonds is 5. The standard InChI is InChI=1S/C12H14ClNO4S/c1-19(17,18)11-4-2-3-9(12(11)14(15)16)7-10(13)8-5-6-8/h2-4,8,10H,5-7H2,1H3. The van der Waals surface area contributed by atoms with E-state index in [-0.39, 0.29) is 16.0 Å². The number of nitro groups is 1. The fourth-order valence-corrected chi connectivity index (χ4v) is 3.37. The van der Waals surface area contributed by atoms with E-state index in [0.717, 1.165) is 19.1 Å². The summed E-state index contributed by atoms with van der Waals surface area (Å²) in [5.41, 5.74) is 0.0520. The molecule has 1 fully saturated rings. The number of alkyl halides is 1. The first kappa shape index (κ1) is 14.3. The predicted octanol–water partition coefficient (Wildman–Crippen LogP) is 2.56. The molecule has 0 amide bonds. The Balaban J connectivity index is 2.45. The van der Waals surface area contributed by atoms with Crippen LogP contribution in [-0.2, 0) is 16.3 Å². The number of nitro benzene ring substituents is 1. The van der Waals surface area contributed by atoms with E-state index in [2.05, 4.69) is 0 Å². The van der Waals surface area contributed by atoms with E-state index in [1.165, 1.54) is 12.1 Å². The zero-order chi connectivity index (χ0) is 14.2. The third-order valence-corrected chi connectivity index (χ3v) is 4.85. The first-order chi connectivity index (χ1) is 8.80. The molecule has 104 valence electrons. The summed E-state index contributed by atoms with van der Waals surface area (Å²) in [7, 11) is -3.63. The fraction of sp³-hybridized carbons (Fsp3) is 0.500. The van der Waals surface area contributed by atoms with Gasteiger partial charge in [-0.05, 0) is 31.2 Å². The normalized spacial score (nSPS) is 17.2. The minimum atomic E-state index is -3.63. The van der Waals surface area contributed by atoms with Crippen LogP contribution in [0.1, 0.15) is 18.4 Å². The van der Waals surface area contributed by atoms with E-state index in [9.17, 15) is 18.5 Å². The molecule has 1 atom stereocenters. The van der Waals surface area contributed by atoms with E-state index < -0.39 is 14.8 Å². The lowest BCUT2D eigenvalue weighted by Crippen LogP contribution is -2.10. The van der Waals surface area contributed by atoms with Crippen molar-refractivity contribution in [3.63, 3.8) is 0 Å². The molecular weight excluding hydrogens is 290 g/mol. The molecule has 1 saturated carbocycles. The summed E-state index contributed by atoms with van der Waals surface area (Å²) >= 11 is 6.18. The minimum absolute atomic E-state index is 0.173. The van der Waals surface area contributed by atoms with Crippen LogP contribution in [0.25, 0.3) is 0 Å². The maximum atomic E-state index is 11.6. The van der Waals surface area contributed by atoms with Gasteiger partial charge in [0.15, 0.2) is 9.84 Å². The van der Waals surface area contributed by atoms with Gasteiger partial charge in [0, 0.05) is 17.2 Å². The van der Waals surface area contributed by atoms with Gasteiger partial charge in [0.25, 0.3) is 5.69 Å². The maximum Gasteiger partial charge on any atom is 0.291 e. The molecule has 0 saturated heterocycles. The summed E-state index contributed by atoms with van der Waals surface area (Å²) < 4.78 is 23.2. The Kier molecular flexibility index (Phi) is 3.82. The van der Waals surface area contributed by atoms with Gasteiger partial charge >= 0.3 is 0 Å². The third kappa shape index (κ3) is 3.25. The lowest BCUT2D eigenvalue weighted by molar-refractivity contribution is -0.388. The van der Waals surface area contributed by atoms with Gasteiger partial charge < -0.3 is 0 Å².